The normalized spacial score (nSPS) is 13.5. The van der Waals surface area contributed by atoms with Crippen LogP contribution in [0.3, 0.4) is 0 Å². The van der Waals surface area contributed by atoms with E-state index >= 15 is 0 Å². The van der Waals surface area contributed by atoms with Crippen molar-refractivity contribution < 1.29 is 9.47 Å². The number of anilines is 6. The van der Waals surface area contributed by atoms with Gasteiger partial charge < -0.3 is 19.3 Å². The van der Waals surface area contributed by atoms with Gasteiger partial charge in [-0.3, -0.25) is 0 Å². The van der Waals surface area contributed by atoms with E-state index < -0.39 is 0 Å². The van der Waals surface area contributed by atoms with Crippen molar-refractivity contribution in [1.82, 2.24) is 0 Å². The molecule has 0 saturated heterocycles. The van der Waals surface area contributed by atoms with Crippen molar-refractivity contribution in [3.8, 4) is 89.8 Å². The van der Waals surface area contributed by atoms with E-state index in [-0.39, 0.29) is 23.0 Å². The molecule has 0 aromatic heterocycles. The lowest BCUT2D eigenvalue weighted by molar-refractivity contribution is 0.486. The molecule has 11 aromatic rings. The van der Waals surface area contributed by atoms with Crippen LogP contribution in [0.1, 0.15) is 79.0 Å². The number of nitrogens with zero attached hydrogens (tertiary/aromatic N) is 2. The highest BCUT2D eigenvalue weighted by Gasteiger charge is 2.49. The SMILES string of the molecule is CC(C)(C)c1cc2c3c(c1)N1c4c(cccc4C(C)(C)C)-c4ccccc4Oc4ccccc4-c4c(-c5ccccc5)ccc(c41)B3c1ccc(-c3ccccc3)c3c1N2c1c(cccc1C(C)(C)C)-c1ccccc1Oc1ccccc1-3. The maximum absolute atomic E-state index is 7.40. The lowest BCUT2D eigenvalue weighted by atomic mass is 9.33. The van der Waals surface area contributed by atoms with Gasteiger partial charge in [-0.15, -0.1) is 0 Å². The van der Waals surface area contributed by atoms with Crippen LogP contribution in [-0.4, -0.2) is 6.71 Å². The van der Waals surface area contributed by atoms with Gasteiger partial charge in [-0.05, 0) is 108 Å². The fourth-order valence-electron chi connectivity index (χ4n) is 13.9. The minimum absolute atomic E-state index is 0.249. The van der Waals surface area contributed by atoms with Gasteiger partial charge >= 0.3 is 0 Å². The van der Waals surface area contributed by atoms with Gasteiger partial charge in [-0.1, -0.05) is 256 Å². The summed E-state index contributed by atoms with van der Waals surface area (Å²) in [5, 5.41) is 0. The number of benzene rings is 11. The van der Waals surface area contributed by atoms with Crippen molar-refractivity contribution in [1.29, 1.82) is 0 Å². The van der Waals surface area contributed by atoms with Crippen LogP contribution >= 0.6 is 0 Å². The number of fused-ring (bicyclic) bond motifs is 16. The molecule has 0 aliphatic carbocycles. The van der Waals surface area contributed by atoms with Gasteiger partial charge in [0.25, 0.3) is 6.71 Å². The molecule has 5 heteroatoms. The van der Waals surface area contributed by atoms with E-state index in [9.17, 15) is 0 Å². The zero-order valence-corrected chi connectivity index (χ0v) is 48.7. The first-order valence-corrected chi connectivity index (χ1v) is 29.4. The van der Waals surface area contributed by atoms with Crippen molar-refractivity contribution >= 4 is 57.2 Å². The maximum Gasteiger partial charge on any atom is 0.252 e. The smallest absolute Gasteiger partial charge is 0.252 e. The van der Waals surface area contributed by atoms with Crippen LogP contribution in [0.4, 0.5) is 34.1 Å². The second-order valence-electron chi connectivity index (χ2n) is 26.0. The summed E-state index contributed by atoms with van der Waals surface area (Å²) in [4.78, 5) is 5.47. The molecule has 15 rings (SSSR count). The highest BCUT2D eigenvalue weighted by atomic mass is 16.5. The fourth-order valence-corrected chi connectivity index (χ4v) is 13.9. The van der Waals surface area contributed by atoms with Gasteiger partial charge in [0, 0.05) is 55.9 Å². The predicted octanol–water partition coefficient (Wildman–Crippen LogP) is 19.9. The second kappa shape index (κ2) is 18.6. The largest absolute Gasteiger partial charge is 0.456 e. The number of hydrogen-bond acceptors (Lipinski definition) is 4. The number of para-hydroxylation sites is 6. The first-order chi connectivity index (χ1) is 40.1. The molecular weight excluding hydrogens is 1010 g/mol. The Hall–Kier alpha value is -9.32. The lowest BCUT2D eigenvalue weighted by Crippen LogP contribution is -2.62. The van der Waals surface area contributed by atoms with Gasteiger partial charge in [0.2, 0.25) is 0 Å². The first-order valence-electron chi connectivity index (χ1n) is 29.4. The van der Waals surface area contributed by atoms with Crippen LogP contribution in [0.5, 0.6) is 23.0 Å². The van der Waals surface area contributed by atoms with Gasteiger partial charge in [-0.2, -0.15) is 0 Å². The van der Waals surface area contributed by atoms with E-state index in [0.29, 0.717) is 0 Å². The Kier molecular flexibility index (Phi) is 11.3. The van der Waals surface area contributed by atoms with Crippen molar-refractivity contribution in [2.24, 2.45) is 0 Å². The van der Waals surface area contributed by atoms with E-state index in [2.05, 4.69) is 303 Å². The topological polar surface area (TPSA) is 24.9 Å². The Balaban J connectivity index is 1.21. The second-order valence-corrected chi connectivity index (χ2v) is 26.0. The van der Waals surface area contributed by atoms with Crippen molar-refractivity contribution in [2.45, 2.75) is 78.6 Å². The average molecular weight is 1070 g/mol. The molecule has 0 spiro atoms. The number of rotatable bonds is 2. The summed E-state index contributed by atoms with van der Waals surface area (Å²) in [6.07, 6.45) is 0. The summed E-state index contributed by atoms with van der Waals surface area (Å²) in [6.45, 7) is 21.1. The van der Waals surface area contributed by atoms with Crippen LogP contribution in [-0.2, 0) is 16.2 Å². The molecule has 0 bridgehead atoms. The van der Waals surface area contributed by atoms with Gasteiger partial charge in [0.15, 0.2) is 0 Å². The molecule has 4 nitrogen and oxygen atoms in total. The Morgan fingerprint density at radius 2 is 0.651 bits per heavy atom. The predicted molar refractivity (Wildman–Crippen MR) is 349 cm³/mol. The van der Waals surface area contributed by atoms with Crippen LogP contribution in [0.15, 0.2) is 231 Å². The third kappa shape index (κ3) is 7.88. The Morgan fingerprint density at radius 1 is 0.301 bits per heavy atom. The Morgan fingerprint density at radius 3 is 1.04 bits per heavy atom. The van der Waals surface area contributed by atoms with Crippen LogP contribution in [0.25, 0.3) is 66.8 Å². The van der Waals surface area contributed by atoms with E-state index in [0.717, 1.165) is 113 Å². The third-order valence-corrected chi connectivity index (χ3v) is 17.7. The zero-order chi connectivity index (χ0) is 56.7. The maximum atomic E-state index is 7.40. The van der Waals surface area contributed by atoms with Crippen molar-refractivity contribution in [3.05, 3.63) is 247 Å². The summed E-state index contributed by atoms with van der Waals surface area (Å²) in [5.41, 5.74) is 26.7. The van der Waals surface area contributed by atoms with E-state index in [1.807, 2.05) is 0 Å². The quantitative estimate of drug-likeness (QED) is 0.161. The molecule has 11 aromatic carbocycles. The average Bonchev–Trinajstić information content (AvgIpc) is 0.841. The molecule has 4 heterocycles. The standard InChI is InChI=1S/C78H65BN2O2/c1-76(2,3)50-46-63-71-64(47-50)81-73-56(35-25-37-60(73)78(7,8)9)54-31-17-21-39-66(54)83-68-41-23-19-33-58(68)70-52(49-28-14-11-15-29-49)43-45-62(75(70)81)79(71)61-44-42-51(48-26-12-10-13-27-48)69-57-32-18-22-40-67(57)82-65-38-20-16-30-53(65)55-34-24-36-59(77(4,5)6)72(55)80(63)74(61)69/h10-47H,1-9H3. The van der Waals surface area contributed by atoms with Gasteiger partial charge in [0.05, 0.1) is 22.7 Å². The summed E-state index contributed by atoms with van der Waals surface area (Å²) in [5.74, 6) is 3.23. The van der Waals surface area contributed by atoms with Gasteiger partial charge in [0.1, 0.15) is 23.0 Å². The molecule has 0 atom stereocenters. The summed E-state index contributed by atoms with van der Waals surface area (Å²) >= 11 is 0. The van der Waals surface area contributed by atoms with E-state index in [1.54, 1.807) is 0 Å². The molecular formula is C78H65BN2O2. The van der Waals surface area contributed by atoms with E-state index in [4.69, 9.17) is 9.47 Å². The van der Waals surface area contributed by atoms with Crippen LogP contribution in [0.2, 0.25) is 0 Å². The minimum Gasteiger partial charge on any atom is -0.456 e. The molecule has 0 amide bonds. The van der Waals surface area contributed by atoms with Crippen LogP contribution < -0.4 is 35.7 Å². The summed E-state index contributed by atoms with van der Waals surface area (Å²) in [6, 6.07) is 85.5. The monoisotopic (exact) mass is 1070 g/mol. The zero-order valence-electron chi connectivity index (χ0n) is 48.7. The molecule has 0 N–H and O–H groups in total. The molecule has 83 heavy (non-hydrogen) atoms. The molecule has 0 saturated carbocycles. The van der Waals surface area contributed by atoms with Crippen molar-refractivity contribution in [3.63, 3.8) is 0 Å². The van der Waals surface area contributed by atoms with Crippen molar-refractivity contribution in [2.75, 3.05) is 9.80 Å². The molecule has 0 unspecified atom stereocenters. The number of hydrogen-bond donors (Lipinski definition) is 0. The molecule has 0 radical (unpaired) electrons. The summed E-state index contributed by atoms with van der Waals surface area (Å²) in [7, 11) is 0. The Labute approximate surface area is 489 Å². The van der Waals surface area contributed by atoms with Crippen LogP contribution in [0, 0.1) is 0 Å². The third-order valence-electron chi connectivity index (χ3n) is 17.7. The molecule has 402 valence electrons. The summed E-state index contributed by atoms with van der Waals surface area (Å²) < 4.78 is 14.8. The van der Waals surface area contributed by atoms with Gasteiger partial charge in [-0.25, -0.2) is 0 Å². The first kappa shape index (κ1) is 50.6. The van der Waals surface area contributed by atoms with E-state index in [1.165, 1.54) is 44.5 Å². The fraction of sp³-hybridized carbons (Fsp3) is 0.154. The number of ether oxygens (including phenoxy) is 2. The highest BCUT2D eigenvalue weighted by Crippen LogP contribution is 2.60. The minimum atomic E-state index is -0.294. The molecule has 0 fully saturated rings. The molecule has 4 aliphatic heterocycles. The lowest BCUT2D eigenvalue weighted by Gasteiger charge is -2.49. The Bertz CT molecular complexity index is 4190. The molecule has 4 aliphatic rings. The highest BCUT2D eigenvalue weighted by molar-refractivity contribution is 7.00.